The highest BCUT2D eigenvalue weighted by Gasteiger charge is 2.08. The van der Waals surface area contributed by atoms with Crippen LogP contribution in [0.15, 0.2) is 35.0 Å². The molecule has 0 radical (unpaired) electrons. The Morgan fingerprint density at radius 2 is 2.19 bits per heavy atom. The SMILES string of the molecule is NCc1ncn(-c2nc3ccccc3o2)n1. The second kappa shape index (κ2) is 3.42. The minimum atomic E-state index is 0.299. The smallest absolute Gasteiger partial charge is 0.325 e. The van der Waals surface area contributed by atoms with Gasteiger partial charge in [0, 0.05) is 0 Å². The average molecular weight is 215 g/mol. The summed E-state index contributed by atoms with van der Waals surface area (Å²) < 4.78 is 6.99. The lowest BCUT2D eigenvalue weighted by atomic mass is 10.3. The van der Waals surface area contributed by atoms with Crippen LogP contribution in [-0.4, -0.2) is 19.7 Å². The monoisotopic (exact) mass is 215 g/mol. The first-order valence-corrected chi connectivity index (χ1v) is 4.83. The molecule has 2 aromatic heterocycles. The summed E-state index contributed by atoms with van der Waals surface area (Å²) in [5, 5.41) is 4.12. The van der Waals surface area contributed by atoms with Gasteiger partial charge in [0.1, 0.15) is 11.8 Å². The Bertz CT molecular complexity index is 594. The molecule has 0 aliphatic carbocycles. The number of aromatic nitrogens is 4. The van der Waals surface area contributed by atoms with Crippen molar-refractivity contribution in [3.8, 4) is 6.01 Å². The lowest BCUT2D eigenvalue weighted by Gasteiger charge is -1.89. The van der Waals surface area contributed by atoms with Crippen LogP contribution in [0.3, 0.4) is 0 Å². The van der Waals surface area contributed by atoms with Gasteiger partial charge in [-0.1, -0.05) is 12.1 Å². The van der Waals surface area contributed by atoms with Gasteiger partial charge in [0.15, 0.2) is 11.4 Å². The summed E-state index contributed by atoms with van der Waals surface area (Å²) in [6.07, 6.45) is 1.53. The van der Waals surface area contributed by atoms with E-state index in [0.29, 0.717) is 18.4 Å². The van der Waals surface area contributed by atoms with Gasteiger partial charge in [-0.2, -0.15) is 9.67 Å². The number of nitrogens with two attached hydrogens (primary N) is 1. The van der Waals surface area contributed by atoms with Crippen LogP contribution in [0.4, 0.5) is 0 Å². The van der Waals surface area contributed by atoms with E-state index in [-0.39, 0.29) is 0 Å². The Balaban J connectivity index is 2.11. The fourth-order valence-corrected chi connectivity index (χ4v) is 1.44. The quantitative estimate of drug-likeness (QED) is 0.685. The lowest BCUT2D eigenvalue weighted by Crippen LogP contribution is -2.01. The number of nitrogens with zero attached hydrogens (tertiary/aromatic N) is 4. The highest BCUT2D eigenvalue weighted by Crippen LogP contribution is 2.16. The van der Waals surface area contributed by atoms with Crippen molar-refractivity contribution in [3.05, 3.63) is 36.4 Å². The predicted octanol–water partition coefficient (Wildman–Crippen LogP) is 0.867. The Labute approximate surface area is 90.7 Å². The van der Waals surface area contributed by atoms with E-state index in [0.717, 1.165) is 11.1 Å². The molecule has 2 N–H and O–H groups in total. The molecule has 3 aromatic rings. The molecule has 3 rings (SSSR count). The van der Waals surface area contributed by atoms with Gasteiger partial charge in [-0.05, 0) is 12.1 Å². The maximum atomic E-state index is 5.52. The number of hydrogen-bond donors (Lipinski definition) is 1. The first kappa shape index (κ1) is 9.05. The molecule has 0 spiro atoms. The molecule has 0 aliphatic rings. The molecule has 1 aromatic carbocycles. The first-order chi connectivity index (χ1) is 7.86. The fraction of sp³-hybridized carbons (Fsp3) is 0.100. The summed E-state index contributed by atoms with van der Waals surface area (Å²) >= 11 is 0. The van der Waals surface area contributed by atoms with Crippen LogP contribution in [0.1, 0.15) is 5.82 Å². The third-order valence-corrected chi connectivity index (χ3v) is 2.20. The van der Waals surface area contributed by atoms with E-state index in [2.05, 4.69) is 15.1 Å². The summed E-state index contributed by atoms with van der Waals surface area (Å²) in [5.74, 6) is 0.558. The normalized spacial score (nSPS) is 11.1. The molecule has 0 fully saturated rings. The Morgan fingerprint density at radius 1 is 1.31 bits per heavy atom. The summed E-state index contributed by atoms with van der Waals surface area (Å²) in [7, 11) is 0. The molecule has 0 unspecified atom stereocenters. The van der Waals surface area contributed by atoms with Crippen LogP contribution in [0, 0.1) is 0 Å². The van der Waals surface area contributed by atoms with Crippen molar-refractivity contribution in [2.75, 3.05) is 0 Å². The number of benzene rings is 1. The predicted molar refractivity (Wildman–Crippen MR) is 56.8 cm³/mol. The topological polar surface area (TPSA) is 82.8 Å². The third kappa shape index (κ3) is 1.36. The van der Waals surface area contributed by atoms with E-state index in [1.165, 1.54) is 11.0 Å². The van der Waals surface area contributed by atoms with Gasteiger partial charge in [0.05, 0.1) is 6.54 Å². The zero-order chi connectivity index (χ0) is 11.0. The van der Waals surface area contributed by atoms with Gasteiger partial charge >= 0.3 is 6.01 Å². The van der Waals surface area contributed by atoms with Crippen LogP contribution in [0.2, 0.25) is 0 Å². The standard InChI is InChI=1S/C10H9N5O/c11-5-9-12-6-15(14-9)10-13-7-3-1-2-4-8(7)16-10/h1-4,6H,5,11H2. The van der Waals surface area contributed by atoms with Crippen molar-refractivity contribution in [3.63, 3.8) is 0 Å². The fourth-order valence-electron chi connectivity index (χ4n) is 1.44. The van der Waals surface area contributed by atoms with Crippen molar-refractivity contribution in [2.45, 2.75) is 6.54 Å². The van der Waals surface area contributed by atoms with E-state index >= 15 is 0 Å². The molecule has 2 heterocycles. The van der Waals surface area contributed by atoms with Crippen molar-refractivity contribution in [2.24, 2.45) is 5.73 Å². The summed E-state index contributed by atoms with van der Waals surface area (Å²) in [6, 6.07) is 7.93. The van der Waals surface area contributed by atoms with Crippen LogP contribution in [-0.2, 0) is 6.54 Å². The average Bonchev–Trinajstić information content (AvgIpc) is 2.95. The van der Waals surface area contributed by atoms with E-state index in [9.17, 15) is 0 Å². The number of para-hydroxylation sites is 2. The van der Waals surface area contributed by atoms with Crippen LogP contribution in [0.5, 0.6) is 0 Å². The molecule has 0 saturated carbocycles. The first-order valence-electron chi connectivity index (χ1n) is 4.83. The van der Waals surface area contributed by atoms with Gasteiger partial charge in [-0.25, -0.2) is 4.98 Å². The summed E-state index contributed by atoms with van der Waals surface area (Å²) in [5.41, 5.74) is 6.95. The van der Waals surface area contributed by atoms with Gasteiger partial charge in [0.25, 0.3) is 0 Å². The van der Waals surface area contributed by atoms with Crippen molar-refractivity contribution in [1.29, 1.82) is 0 Å². The lowest BCUT2D eigenvalue weighted by molar-refractivity contribution is 0.540. The van der Waals surface area contributed by atoms with Crippen molar-refractivity contribution < 1.29 is 4.42 Å². The van der Waals surface area contributed by atoms with Crippen molar-refractivity contribution in [1.82, 2.24) is 19.7 Å². The molecule has 0 aliphatic heterocycles. The van der Waals surface area contributed by atoms with E-state index < -0.39 is 0 Å². The highest BCUT2D eigenvalue weighted by atomic mass is 16.4. The molecular formula is C10H9N5O. The van der Waals surface area contributed by atoms with E-state index in [1.54, 1.807) is 0 Å². The molecule has 6 heteroatoms. The van der Waals surface area contributed by atoms with Gasteiger partial charge in [0.2, 0.25) is 0 Å². The minimum absolute atomic E-state index is 0.299. The summed E-state index contributed by atoms with van der Waals surface area (Å²) in [4.78, 5) is 8.29. The Morgan fingerprint density at radius 3 is 2.94 bits per heavy atom. The molecule has 80 valence electrons. The second-order valence-electron chi connectivity index (χ2n) is 3.27. The Hall–Kier alpha value is -2.21. The van der Waals surface area contributed by atoms with E-state index in [4.69, 9.17) is 10.2 Å². The molecule has 16 heavy (non-hydrogen) atoms. The van der Waals surface area contributed by atoms with Crippen LogP contribution < -0.4 is 5.73 Å². The van der Waals surface area contributed by atoms with Gasteiger partial charge in [-0.3, -0.25) is 0 Å². The van der Waals surface area contributed by atoms with Crippen molar-refractivity contribution >= 4 is 11.1 Å². The molecule has 0 atom stereocenters. The maximum absolute atomic E-state index is 5.52. The highest BCUT2D eigenvalue weighted by molar-refractivity contribution is 5.72. The molecular weight excluding hydrogens is 206 g/mol. The third-order valence-electron chi connectivity index (χ3n) is 2.20. The number of fused-ring (bicyclic) bond motifs is 1. The number of oxazole rings is 1. The zero-order valence-corrected chi connectivity index (χ0v) is 8.37. The molecule has 0 bridgehead atoms. The molecule has 0 saturated heterocycles. The second-order valence-corrected chi connectivity index (χ2v) is 3.27. The van der Waals surface area contributed by atoms with Crippen LogP contribution in [0.25, 0.3) is 17.1 Å². The molecule has 0 amide bonds. The zero-order valence-electron chi connectivity index (χ0n) is 8.37. The molecule has 6 nitrogen and oxygen atoms in total. The van der Waals surface area contributed by atoms with Gasteiger partial charge < -0.3 is 10.2 Å². The number of rotatable bonds is 2. The largest absolute Gasteiger partial charge is 0.422 e. The minimum Gasteiger partial charge on any atom is -0.422 e. The van der Waals surface area contributed by atoms with Crippen LogP contribution >= 0.6 is 0 Å². The maximum Gasteiger partial charge on any atom is 0.325 e. The Kier molecular flexibility index (Phi) is 1.94. The van der Waals surface area contributed by atoms with E-state index in [1.807, 2.05) is 24.3 Å². The number of hydrogen-bond acceptors (Lipinski definition) is 5. The van der Waals surface area contributed by atoms with Gasteiger partial charge in [-0.15, -0.1) is 5.10 Å². The summed E-state index contributed by atoms with van der Waals surface area (Å²) in [6.45, 7) is 0.299.